The molecule has 3 aromatic heterocycles. The Kier molecular flexibility index (Phi) is 4.59. The van der Waals surface area contributed by atoms with Gasteiger partial charge in [0.05, 0.1) is 6.54 Å². The largest absolute Gasteiger partial charge is 0.383 e. The molecular weight excluding hydrogens is 394 g/mol. The van der Waals surface area contributed by atoms with E-state index in [0.717, 1.165) is 21.9 Å². The molecule has 10 nitrogen and oxygen atoms in total. The molecule has 4 aromatic rings. The summed E-state index contributed by atoms with van der Waals surface area (Å²) < 4.78 is 4.07. The molecule has 0 saturated carbocycles. The number of nitrogens with zero attached hydrogens (tertiary/aromatic N) is 5. The molecule has 0 unspecified atom stereocenters. The van der Waals surface area contributed by atoms with Crippen molar-refractivity contribution in [1.82, 2.24) is 28.7 Å². The summed E-state index contributed by atoms with van der Waals surface area (Å²) >= 11 is 1.06. The number of nitrogens with one attached hydrogen (secondary N) is 1. The van der Waals surface area contributed by atoms with Crippen molar-refractivity contribution in [1.29, 1.82) is 0 Å². The predicted molar refractivity (Wildman–Crippen MR) is 109 cm³/mol. The first-order valence-electron chi connectivity index (χ1n) is 8.60. The van der Waals surface area contributed by atoms with Gasteiger partial charge >= 0.3 is 5.69 Å². The van der Waals surface area contributed by atoms with Crippen molar-refractivity contribution in [3.8, 4) is 0 Å². The van der Waals surface area contributed by atoms with Gasteiger partial charge in [0.15, 0.2) is 21.5 Å². The number of hydrogen-bond acceptors (Lipinski definition) is 7. The van der Waals surface area contributed by atoms with Gasteiger partial charge < -0.3 is 15.3 Å². The van der Waals surface area contributed by atoms with Gasteiger partial charge in [0.1, 0.15) is 5.82 Å². The molecule has 4 rings (SSSR count). The van der Waals surface area contributed by atoms with Gasteiger partial charge in [-0.25, -0.2) is 14.8 Å². The number of aromatic amines is 1. The summed E-state index contributed by atoms with van der Waals surface area (Å²) in [6.07, 6.45) is 0. The molecule has 3 heterocycles. The molecule has 0 radical (unpaired) electrons. The van der Waals surface area contributed by atoms with Crippen LogP contribution in [0.4, 0.5) is 5.82 Å². The predicted octanol–water partition coefficient (Wildman–Crippen LogP) is 0.299. The average Bonchev–Trinajstić information content (AvgIpc) is 3.03. The van der Waals surface area contributed by atoms with Crippen LogP contribution in [0.15, 0.2) is 61.1 Å². The zero-order chi connectivity index (χ0) is 20.7. The molecule has 0 aliphatic carbocycles. The normalized spacial score (nSPS) is 11.2. The highest BCUT2D eigenvalue weighted by Crippen LogP contribution is 2.27. The molecular formula is C18H17N7O3S. The number of aryl methyl sites for hydroxylation is 1. The van der Waals surface area contributed by atoms with Crippen LogP contribution in [0.1, 0.15) is 5.56 Å². The van der Waals surface area contributed by atoms with Gasteiger partial charge in [-0.2, -0.15) is 0 Å². The highest BCUT2D eigenvalue weighted by Gasteiger charge is 2.20. The lowest BCUT2D eigenvalue weighted by Crippen LogP contribution is -2.37. The zero-order valence-electron chi connectivity index (χ0n) is 15.6. The minimum Gasteiger partial charge on any atom is -0.383 e. The molecule has 1 aromatic carbocycles. The number of benzene rings is 1. The first-order chi connectivity index (χ1) is 13.8. The van der Waals surface area contributed by atoms with Crippen molar-refractivity contribution in [2.45, 2.75) is 16.9 Å². The van der Waals surface area contributed by atoms with E-state index < -0.39 is 16.8 Å². The monoisotopic (exact) mass is 411 g/mol. The van der Waals surface area contributed by atoms with Crippen LogP contribution in [-0.4, -0.2) is 28.7 Å². The summed E-state index contributed by atoms with van der Waals surface area (Å²) in [5.41, 5.74) is 5.83. The number of nitrogen functional groups attached to an aromatic ring is 1. The van der Waals surface area contributed by atoms with Crippen molar-refractivity contribution >= 4 is 28.7 Å². The van der Waals surface area contributed by atoms with Gasteiger partial charge in [0.2, 0.25) is 0 Å². The zero-order valence-corrected chi connectivity index (χ0v) is 16.4. The van der Waals surface area contributed by atoms with E-state index in [0.29, 0.717) is 11.7 Å². The lowest BCUT2D eigenvalue weighted by molar-refractivity contribution is 0.696. The number of aromatic nitrogens is 6. The quantitative estimate of drug-likeness (QED) is 0.461. The Bertz CT molecular complexity index is 1400. The van der Waals surface area contributed by atoms with Gasteiger partial charge in [-0.05, 0) is 17.3 Å². The van der Waals surface area contributed by atoms with E-state index in [1.54, 1.807) is 11.6 Å². The molecule has 11 heteroatoms. The number of rotatable bonds is 4. The number of fused-ring (bicyclic) bond motifs is 1. The Morgan fingerprint density at radius 1 is 1.07 bits per heavy atom. The molecule has 0 aliphatic heterocycles. The Balaban J connectivity index is 1.97. The first-order valence-corrected chi connectivity index (χ1v) is 9.41. The van der Waals surface area contributed by atoms with Crippen molar-refractivity contribution < 1.29 is 0 Å². The van der Waals surface area contributed by atoms with Crippen LogP contribution in [0.3, 0.4) is 0 Å². The smallest absolute Gasteiger partial charge is 0.332 e. The average molecular weight is 411 g/mol. The number of imidazole rings is 1. The van der Waals surface area contributed by atoms with Crippen LogP contribution in [0, 0.1) is 0 Å². The fourth-order valence-corrected chi connectivity index (χ4v) is 3.88. The molecule has 29 heavy (non-hydrogen) atoms. The van der Waals surface area contributed by atoms with E-state index in [4.69, 9.17) is 5.73 Å². The Hall–Kier alpha value is -3.60. The summed E-state index contributed by atoms with van der Waals surface area (Å²) in [7, 11) is 2.98. The third-order valence-corrected chi connectivity index (χ3v) is 5.31. The molecule has 0 amide bonds. The van der Waals surface area contributed by atoms with Gasteiger partial charge in [0, 0.05) is 20.2 Å². The second-order valence-electron chi connectivity index (χ2n) is 6.42. The standard InChI is InChI=1S/C18H17N7O3S/c1-23-14-13(15(27)24(2)18(23)28)25(9-10-6-4-3-5-7-10)17(22-14)29-16-20-11(19)8-12(26)21-16/h3-8H,9H2,1-2H3,(H3,19,20,21,26). The van der Waals surface area contributed by atoms with Crippen LogP contribution >= 0.6 is 11.8 Å². The fourth-order valence-electron chi connectivity index (χ4n) is 3.01. The van der Waals surface area contributed by atoms with E-state index in [1.165, 1.54) is 17.7 Å². The van der Waals surface area contributed by atoms with Gasteiger partial charge in [-0.15, -0.1) is 0 Å². The van der Waals surface area contributed by atoms with Gasteiger partial charge in [0.25, 0.3) is 11.1 Å². The van der Waals surface area contributed by atoms with E-state index in [9.17, 15) is 14.4 Å². The Labute approximate surface area is 167 Å². The molecule has 0 fully saturated rings. The molecule has 0 spiro atoms. The minimum atomic E-state index is -0.473. The van der Waals surface area contributed by atoms with Crippen molar-refractivity contribution in [3.05, 3.63) is 73.2 Å². The summed E-state index contributed by atoms with van der Waals surface area (Å²) in [5.74, 6) is 0.0743. The van der Waals surface area contributed by atoms with E-state index >= 15 is 0 Å². The summed E-state index contributed by atoms with van der Waals surface area (Å²) in [5, 5.41) is 0.636. The van der Waals surface area contributed by atoms with Gasteiger partial charge in [-0.3, -0.25) is 18.7 Å². The third kappa shape index (κ3) is 3.36. The number of nitrogens with two attached hydrogens (primary N) is 1. The Morgan fingerprint density at radius 2 is 1.79 bits per heavy atom. The second-order valence-corrected chi connectivity index (χ2v) is 7.38. The van der Waals surface area contributed by atoms with Crippen LogP contribution in [0.5, 0.6) is 0 Å². The Morgan fingerprint density at radius 3 is 2.48 bits per heavy atom. The molecule has 0 aliphatic rings. The topological polar surface area (TPSA) is 134 Å². The van der Waals surface area contributed by atoms with Crippen molar-refractivity contribution in [2.75, 3.05) is 5.73 Å². The highest BCUT2D eigenvalue weighted by atomic mass is 32.2. The van der Waals surface area contributed by atoms with Crippen LogP contribution in [0.2, 0.25) is 0 Å². The number of anilines is 1. The van der Waals surface area contributed by atoms with Gasteiger partial charge in [-0.1, -0.05) is 30.3 Å². The molecule has 0 atom stereocenters. The SMILES string of the molecule is Cn1c(=O)c2c(nc(Sc3nc(N)cc(=O)[nH]3)n2Cc2ccccc2)n(C)c1=O. The highest BCUT2D eigenvalue weighted by molar-refractivity contribution is 7.99. The van der Waals surface area contributed by atoms with Crippen molar-refractivity contribution in [2.24, 2.45) is 14.1 Å². The summed E-state index contributed by atoms with van der Waals surface area (Å²) in [6.45, 7) is 0.347. The second kappa shape index (κ2) is 7.09. The van der Waals surface area contributed by atoms with Crippen molar-refractivity contribution in [3.63, 3.8) is 0 Å². The van der Waals surface area contributed by atoms with Crippen LogP contribution in [0.25, 0.3) is 11.2 Å². The summed E-state index contributed by atoms with van der Waals surface area (Å²) in [4.78, 5) is 48.1. The van der Waals surface area contributed by atoms with Crippen LogP contribution in [-0.2, 0) is 20.6 Å². The van der Waals surface area contributed by atoms with Crippen LogP contribution < -0.4 is 22.5 Å². The molecule has 3 N–H and O–H groups in total. The van der Waals surface area contributed by atoms with E-state index in [-0.39, 0.29) is 22.1 Å². The third-order valence-electron chi connectivity index (χ3n) is 4.42. The van der Waals surface area contributed by atoms with E-state index in [1.807, 2.05) is 30.3 Å². The lowest BCUT2D eigenvalue weighted by atomic mass is 10.2. The fraction of sp³-hybridized carbons (Fsp3) is 0.167. The maximum atomic E-state index is 12.9. The number of hydrogen-bond donors (Lipinski definition) is 2. The molecule has 148 valence electrons. The maximum Gasteiger partial charge on any atom is 0.332 e. The summed E-state index contributed by atoms with van der Waals surface area (Å²) in [6, 6.07) is 10.7. The minimum absolute atomic E-state index is 0.0743. The molecule has 0 saturated heterocycles. The molecule has 0 bridgehead atoms. The maximum absolute atomic E-state index is 12.9. The lowest BCUT2D eigenvalue weighted by Gasteiger charge is -2.09. The van der Waals surface area contributed by atoms with E-state index in [2.05, 4.69) is 15.0 Å². The number of H-pyrrole nitrogens is 1. The first kappa shape index (κ1) is 18.7.